The molecule has 0 aromatic carbocycles. The summed E-state index contributed by atoms with van der Waals surface area (Å²) >= 11 is 0. The minimum Gasteiger partial charge on any atom is -0.327 e. The van der Waals surface area contributed by atoms with E-state index in [0.717, 1.165) is 12.3 Å². The van der Waals surface area contributed by atoms with E-state index in [2.05, 4.69) is 6.92 Å². The molecule has 0 aromatic rings. The van der Waals surface area contributed by atoms with Crippen molar-refractivity contribution in [2.24, 2.45) is 11.7 Å². The molecule has 1 heteroatoms. The molecule has 0 unspecified atom stereocenters. The lowest BCUT2D eigenvalue weighted by Crippen LogP contribution is -2.33. The highest BCUT2D eigenvalue weighted by molar-refractivity contribution is 4.78. The fourth-order valence-electron chi connectivity index (χ4n) is 1.20. The molecule has 1 fully saturated rings. The van der Waals surface area contributed by atoms with Gasteiger partial charge in [0.05, 0.1) is 0 Å². The lowest BCUT2D eigenvalue weighted by molar-refractivity contribution is 0.257. The van der Waals surface area contributed by atoms with Gasteiger partial charge >= 0.3 is 0 Å². The van der Waals surface area contributed by atoms with Gasteiger partial charge in [-0.2, -0.15) is 0 Å². The SMILES string of the molecule is CC[C@@H](N)C1CCC1. The first kappa shape index (κ1) is 6.09. The Morgan fingerprint density at radius 1 is 1.62 bits per heavy atom. The summed E-state index contributed by atoms with van der Waals surface area (Å²) in [6.45, 7) is 2.17. The maximum absolute atomic E-state index is 5.78. The summed E-state index contributed by atoms with van der Waals surface area (Å²) in [5.41, 5.74) is 5.78. The average Bonchev–Trinajstić information content (AvgIpc) is 1.62. The first-order chi connectivity index (χ1) is 3.84. The van der Waals surface area contributed by atoms with Gasteiger partial charge in [0.2, 0.25) is 0 Å². The Kier molecular flexibility index (Phi) is 1.90. The molecule has 0 aliphatic heterocycles. The van der Waals surface area contributed by atoms with E-state index < -0.39 is 0 Å². The summed E-state index contributed by atoms with van der Waals surface area (Å²) < 4.78 is 0. The van der Waals surface area contributed by atoms with Crippen molar-refractivity contribution >= 4 is 0 Å². The van der Waals surface area contributed by atoms with Gasteiger partial charge in [-0.1, -0.05) is 13.3 Å². The topological polar surface area (TPSA) is 26.0 Å². The Balaban J connectivity index is 2.13. The van der Waals surface area contributed by atoms with Crippen LogP contribution in [-0.4, -0.2) is 6.04 Å². The molecule has 0 bridgehead atoms. The summed E-state index contributed by atoms with van der Waals surface area (Å²) in [5.74, 6) is 0.875. The van der Waals surface area contributed by atoms with Crippen molar-refractivity contribution in [3.8, 4) is 0 Å². The molecule has 2 N–H and O–H groups in total. The third-order valence-corrected chi connectivity index (χ3v) is 2.23. The second-order valence-corrected chi connectivity index (χ2v) is 2.76. The van der Waals surface area contributed by atoms with Gasteiger partial charge in [-0.15, -0.1) is 0 Å². The van der Waals surface area contributed by atoms with Crippen molar-refractivity contribution in [3.63, 3.8) is 0 Å². The molecule has 8 heavy (non-hydrogen) atoms. The van der Waals surface area contributed by atoms with Crippen molar-refractivity contribution in [1.82, 2.24) is 0 Å². The largest absolute Gasteiger partial charge is 0.327 e. The zero-order valence-corrected chi connectivity index (χ0v) is 5.56. The quantitative estimate of drug-likeness (QED) is 0.577. The van der Waals surface area contributed by atoms with E-state index >= 15 is 0 Å². The third kappa shape index (κ3) is 1.03. The molecular formula is C7H15N. The van der Waals surface area contributed by atoms with Crippen molar-refractivity contribution in [2.75, 3.05) is 0 Å². The predicted octanol–water partition coefficient (Wildman–Crippen LogP) is 1.52. The molecule has 0 spiro atoms. The van der Waals surface area contributed by atoms with Crippen LogP contribution in [0.15, 0.2) is 0 Å². The molecule has 1 nitrogen and oxygen atoms in total. The highest BCUT2D eigenvalue weighted by Gasteiger charge is 2.22. The van der Waals surface area contributed by atoms with E-state index in [1.54, 1.807) is 0 Å². The van der Waals surface area contributed by atoms with Gasteiger partial charge in [-0.25, -0.2) is 0 Å². The molecule has 1 aliphatic carbocycles. The van der Waals surface area contributed by atoms with Gasteiger partial charge in [0, 0.05) is 6.04 Å². The van der Waals surface area contributed by atoms with Crippen LogP contribution in [0.1, 0.15) is 32.6 Å². The number of hydrogen-bond donors (Lipinski definition) is 1. The van der Waals surface area contributed by atoms with Gasteiger partial charge in [0.15, 0.2) is 0 Å². The van der Waals surface area contributed by atoms with Crippen molar-refractivity contribution in [2.45, 2.75) is 38.6 Å². The monoisotopic (exact) mass is 113 g/mol. The summed E-state index contributed by atoms with van der Waals surface area (Å²) in [4.78, 5) is 0. The molecule has 0 heterocycles. The van der Waals surface area contributed by atoms with Gasteiger partial charge in [-0.3, -0.25) is 0 Å². The molecule has 0 radical (unpaired) electrons. The molecule has 0 aromatic heterocycles. The van der Waals surface area contributed by atoms with Gasteiger partial charge in [-0.05, 0) is 25.2 Å². The number of nitrogens with two attached hydrogens (primary N) is 1. The lowest BCUT2D eigenvalue weighted by Gasteiger charge is -2.30. The van der Waals surface area contributed by atoms with Crippen LogP contribution in [0.5, 0.6) is 0 Å². The second-order valence-electron chi connectivity index (χ2n) is 2.76. The van der Waals surface area contributed by atoms with Crippen molar-refractivity contribution in [1.29, 1.82) is 0 Å². The standard InChI is InChI=1S/C7H15N/c1-2-7(8)6-4-3-5-6/h6-7H,2-5,8H2,1H3/t7-/m1/s1. The molecule has 0 amide bonds. The third-order valence-electron chi connectivity index (χ3n) is 2.23. The minimum absolute atomic E-state index is 0.503. The normalized spacial score (nSPS) is 24.8. The molecule has 1 rings (SSSR count). The first-order valence-corrected chi connectivity index (χ1v) is 3.60. The van der Waals surface area contributed by atoms with E-state index in [0.29, 0.717) is 6.04 Å². The van der Waals surface area contributed by atoms with Crippen LogP contribution >= 0.6 is 0 Å². The van der Waals surface area contributed by atoms with Crippen LogP contribution in [0, 0.1) is 5.92 Å². The first-order valence-electron chi connectivity index (χ1n) is 3.60. The molecule has 1 saturated carbocycles. The predicted molar refractivity (Wildman–Crippen MR) is 35.6 cm³/mol. The van der Waals surface area contributed by atoms with E-state index in [1.165, 1.54) is 19.3 Å². The smallest absolute Gasteiger partial charge is 0.00645 e. The van der Waals surface area contributed by atoms with E-state index in [1.807, 2.05) is 0 Å². The fourth-order valence-corrected chi connectivity index (χ4v) is 1.20. The Bertz CT molecular complexity index is 64.0. The lowest BCUT2D eigenvalue weighted by atomic mass is 9.79. The Morgan fingerprint density at radius 3 is 2.38 bits per heavy atom. The molecule has 0 saturated heterocycles. The van der Waals surface area contributed by atoms with Crippen LogP contribution in [0.2, 0.25) is 0 Å². The van der Waals surface area contributed by atoms with Crippen LogP contribution in [0.3, 0.4) is 0 Å². The van der Waals surface area contributed by atoms with Crippen molar-refractivity contribution in [3.05, 3.63) is 0 Å². The number of hydrogen-bond acceptors (Lipinski definition) is 1. The Labute approximate surface area is 51.3 Å². The summed E-state index contributed by atoms with van der Waals surface area (Å²) in [6, 6.07) is 0.503. The van der Waals surface area contributed by atoms with Gasteiger partial charge in [0.25, 0.3) is 0 Å². The van der Waals surface area contributed by atoms with E-state index in [9.17, 15) is 0 Å². The Morgan fingerprint density at radius 2 is 2.25 bits per heavy atom. The Hall–Kier alpha value is -0.0400. The van der Waals surface area contributed by atoms with Crippen LogP contribution in [0.4, 0.5) is 0 Å². The molecule has 1 aliphatic rings. The fraction of sp³-hybridized carbons (Fsp3) is 1.00. The zero-order chi connectivity index (χ0) is 5.98. The summed E-state index contributed by atoms with van der Waals surface area (Å²) in [6.07, 6.45) is 5.34. The zero-order valence-electron chi connectivity index (χ0n) is 5.56. The summed E-state index contributed by atoms with van der Waals surface area (Å²) in [5, 5.41) is 0. The highest BCUT2D eigenvalue weighted by atomic mass is 14.7. The number of rotatable bonds is 2. The summed E-state index contributed by atoms with van der Waals surface area (Å²) in [7, 11) is 0. The molecule has 48 valence electrons. The van der Waals surface area contributed by atoms with Crippen molar-refractivity contribution < 1.29 is 0 Å². The average molecular weight is 113 g/mol. The maximum atomic E-state index is 5.78. The van der Waals surface area contributed by atoms with Crippen LogP contribution < -0.4 is 5.73 Å². The highest BCUT2D eigenvalue weighted by Crippen LogP contribution is 2.29. The van der Waals surface area contributed by atoms with E-state index in [4.69, 9.17) is 5.73 Å². The van der Waals surface area contributed by atoms with E-state index in [-0.39, 0.29) is 0 Å². The minimum atomic E-state index is 0.503. The van der Waals surface area contributed by atoms with Crippen LogP contribution in [-0.2, 0) is 0 Å². The molecule has 1 atom stereocenters. The van der Waals surface area contributed by atoms with Gasteiger partial charge < -0.3 is 5.73 Å². The second kappa shape index (κ2) is 2.49. The molecular weight excluding hydrogens is 98.1 g/mol. The van der Waals surface area contributed by atoms with Crippen LogP contribution in [0.25, 0.3) is 0 Å². The maximum Gasteiger partial charge on any atom is 0.00645 e. The van der Waals surface area contributed by atoms with Gasteiger partial charge in [0.1, 0.15) is 0 Å².